The Labute approximate surface area is 109 Å². The third-order valence-electron chi connectivity index (χ3n) is 3.52. The molecule has 18 heavy (non-hydrogen) atoms. The molecule has 1 heterocycles. The van der Waals surface area contributed by atoms with Gasteiger partial charge in [0.1, 0.15) is 5.75 Å². The van der Waals surface area contributed by atoms with Crippen molar-refractivity contribution < 1.29 is 5.11 Å². The van der Waals surface area contributed by atoms with Crippen LogP contribution in [0.4, 0.5) is 0 Å². The molecule has 1 aromatic rings. The lowest BCUT2D eigenvalue weighted by Crippen LogP contribution is -2.30. The summed E-state index contributed by atoms with van der Waals surface area (Å²) in [4.78, 5) is 2.35. The largest absolute Gasteiger partial charge is 0.508 e. The fourth-order valence-electron chi connectivity index (χ4n) is 2.66. The van der Waals surface area contributed by atoms with Gasteiger partial charge >= 0.3 is 0 Å². The number of benzene rings is 1. The summed E-state index contributed by atoms with van der Waals surface area (Å²) in [5.74, 6) is 0.858. The number of hydrogen-bond donors (Lipinski definition) is 3. The third-order valence-corrected chi connectivity index (χ3v) is 3.52. The Hall–Kier alpha value is -1.10. The molecule has 4 nitrogen and oxygen atoms in total. The number of nitrogens with one attached hydrogen (secondary N) is 2. The van der Waals surface area contributed by atoms with Gasteiger partial charge < -0.3 is 10.0 Å². The van der Waals surface area contributed by atoms with Crippen molar-refractivity contribution in [1.29, 1.82) is 0 Å². The van der Waals surface area contributed by atoms with Crippen LogP contribution in [0.5, 0.6) is 5.75 Å². The van der Waals surface area contributed by atoms with Gasteiger partial charge in [0.15, 0.2) is 0 Å². The molecule has 2 rings (SSSR count). The van der Waals surface area contributed by atoms with Gasteiger partial charge in [-0.15, -0.1) is 0 Å². The molecule has 2 unspecified atom stereocenters. The molecule has 0 bridgehead atoms. The maximum atomic E-state index is 9.94. The molecule has 0 saturated carbocycles. The van der Waals surface area contributed by atoms with Crippen LogP contribution < -0.4 is 10.9 Å². The molecule has 1 fully saturated rings. The highest BCUT2D eigenvalue weighted by Gasteiger charge is 2.30. The Kier molecular flexibility index (Phi) is 4.58. The van der Waals surface area contributed by atoms with Gasteiger partial charge in [0.05, 0.1) is 6.04 Å². The summed E-state index contributed by atoms with van der Waals surface area (Å²) < 4.78 is 0. The second kappa shape index (κ2) is 6.18. The number of phenols is 1. The highest BCUT2D eigenvalue weighted by atomic mass is 16.3. The Morgan fingerprint density at radius 3 is 2.89 bits per heavy atom. The van der Waals surface area contributed by atoms with Crippen molar-refractivity contribution in [2.24, 2.45) is 5.92 Å². The van der Waals surface area contributed by atoms with Crippen LogP contribution in [0, 0.1) is 5.92 Å². The molecule has 2 atom stereocenters. The molecule has 0 spiro atoms. The van der Waals surface area contributed by atoms with E-state index in [0.29, 0.717) is 11.7 Å². The fraction of sp³-hybridized carbons (Fsp3) is 0.571. The van der Waals surface area contributed by atoms with Gasteiger partial charge in [-0.05, 0) is 26.1 Å². The van der Waals surface area contributed by atoms with Crippen molar-refractivity contribution in [2.45, 2.75) is 19.4 Å². The van der Waals surface area contributed by atoms with Crippen LogP contribution in [0.1, 0.15) is 24.9 Å². The lowest BCUT2D eigenvalue weighted by Gasteiger charge is -2.24. The molecular formula is C14H23N3O. The second-order valence-electron chi connectivity index (χ2n) is 5.08. The van der Waals surface area contributed by atoms with E-state index in [1.807, 2.05) is 18.2 Å². The number of nitrogens with zero attached hydrogens (tertiary/aromatic N) is 1. The van der Waals surface area contributed by atoms with Crippen LogP contribution in [-0.2, 0) is 0 Å². The monoisotopic (exact) mass is 249 g/mol. The number of para-hydroxylation sites is 1. The van der Waals surface area contributed by atoms with Crippen LogP contribution in [0.2, 0.25) is 0 Å². The van der Waals surface area contributed by atoms with Crippen molar-refractivity contribution >= 4 is 0 Å². The zero-order valence-electron chi connectivity index (χ0n) is 11.2. The predicted octanol–water partition coefficient (Wildman–Crippen LogP) is 1.50. The summed E-state index contributed by atoms with van der Waals surface area (Å²) in [6, 6.07) is 7.77. The molecule has 100 valence electrons. The zero-order valence-corrected chi connectivity index (χ0v) is 11.2. The minimum Gasteiger partial charge on any atom is -0.508 e. The Bertz CT molecular complexity index is 383. The Balaban J connectivity index is 2.06. The van der Waals surface area contributed by atoms with E-state index < -0.39 is 0 Å². The first-order valence-electron chi connectivity index (χ1n) is 6.67. The van der Waals surface area contributed by atoms with E-state index in [9.17, 15) is 5.11 Å². The number of aromatic hydroxyl groups is 1. The van der Waals surface area contributed by atoms with E-state index in [0.717, 1.165) is 25.2 Å². The molecule has 4 heteroatoms. The average molecular weight is 249 g/mol. The first-order chi connectivity index (χ1) is 8.72. The molecule has 0 radical (unpaired) electrons. The van der Waals surface area contributed by atoms with Gasteiger partial charge in [0.2, 0.25) is 0 Å². The minimum atomic E-state index is 0.186. The molecule has 0 aliphatic carbocycles. The predicted molar refractivity (Wildman–Crippen MR) is 73.3 cm³/mol. The second-order valence-corrected chi connectivity index (χ2v) is 5.08. The van der Waals surface area contributed by atoms with Crippen molar-refractivity contribution in [3.05, 3.63) is 29.8 Å². The topological polar surface area (TPSA) is 47.5 Å². The van der Waals surface area contributed by atoms with E-state index in [4.69, 9.17) is 0 Å². The Morgan fingerprint density at radius 2 is 2.17 bits per heavy atom. The quantitative estimate of drug-likeness (QED) is 0.740. The van der Waals surface area contributed by atoms with Gasteiger partial charge in [-0.3, -0.25) is 5.43 Å². The molecule has 1 aromatic carbocycles. The Morgan fingerprint density at radius 1 is 1.39 bits per heavy atom. The van der Waals surface area contributed by atoms with Gasteiger partial charge in [-0.1, -0.05) is 25.1 Å². The minimum absolute atomic E-state index is 0.186. The van der Waals surface area contributed by atoms with Gasteiger partial charge in [-0.2, -0.15) is 0 Å². The van der Waals surface area contributed by atoms with Crippen LogP contribution in [0.15, 0.2) is 24.3 Å². The van der Waals surface area contributed by atoms with Crippen molar-refractivity contribution in [3.63, 3.8) is 0 Å². The van der Waals surface area contributed by atoms with E-state index in [1.165, 1.54) is 6.42 Å². The molecule has 1 saturated heterocycles. The van der Waals surface area contributed by atoms with E-state index in [2.05, 4.69) is 29.7 Å². The van der Waals surface area contributed by atoms with Crippen LogP contribution in [0.3, 0.4) is 0 Å². The van der Waals surface area contributed by atoms with Crippen LogP contribution in [-0.4, -0.2) is 36.7 Å². The average Bonchev–Trinajstić information content (AvgIpc) is 2.78. The molecule has 0 amide bonds. The molecule has 0 aromatic heterocycles. The van der Waals surface area contributed by atoms with E-state index in [-0.39, 0.29) is 6.04 Å². The van der Waals surface area contributed by atoms with Crippen molar-refractivity contribution in [3.8, 4) is 5.75 Å². The van der Waals surface area contributed by atoms with E-state index >= 15 is 0 Å². The summed E-state index contributed by atoms with van der Waals surface area (Å²) in [5, 5.41) is 9.94. The first-order valence-corrected chi connectivity index (χ1v) is 6.67. The zero-order chi connectivity index (χ0) is 13.0. The molecule has 1 aliphatic heterocycles. The summed E-state index contributed by atoms with van der Waals surface area (Å²) >= 11 is 0. The van der Waals surface area contributed by atoms with Crippen molar-refractivity contribution in [2.75, 3.05) is 26.7 Å². The van der Waals surface area contributed by atoms with Crippen LogP contribution in [0.25, 0.3) is 0 Å². The lowest BCUT2D eigenvalue weighted by molar-refractivity contribution is 0.268. The highest BCUT2D eigenvalue weighted by molar-refractivity contribution is 5.35. The summed E-state index contributed by atoms with van der Waals surface area (Å²) in [6.07, 6.45) is 1.17. The number of phenolic OH excluding ortho intramolecular Hbond substituents is 1. The van der Waals surface area contributed by atoms with Crippen LogP contribution >= 0.6 is 0 Å². The number of hydrogen-bond acceptors (Lipinski definition) is 4. The summed E-state index contributed by atoms with van der Waals surface area (Å²) in [6.45, 7) is 5.28. The molecule has 1 aliphatic rings. The number of rotatable bonds is 5. The van der Waals surface area contributed by atoms with E-state index in [1.54, 1.807) is 6.07 Å². The standard InChI is InChI=1S/C14H23N3O/c1-3-8-17(2)10-11-9-15-16-14(11)12-6-4-5-7-13(12)18/h4-7,11,14-16,18H,3,8-10H2,1-2H3. The van der Waals surface area contributed by atoms with Gasteiger partial charge in [0.25, 0.3) is 0 Å². The maximum absolute atomic E-state index is 9.94. The molecule has 3 N–H and O–H groups in total. The smallest absolute Gasteiger partial charge is 0.120 e. The lowest BCUT2D eigenvalue weighted by atomic mass is 9.94. The molecular weight excluding hydrogens is 226 g/mol. The first kappa shape index (κ1) is 13.3. The number of hydrazine groups is 1. The highest BCUT2D eigenvalue weighted by Crippen LogP contribution is 2.31. The van der Waals surface area contributed by atoms with Gasteiger partial charge in [0, 0.05) is 24.6 Å². The van der Waals surface area contributed by atoms with Crippen molar-refractivity contribution in [1.82, 2.24) is 15.8 Å². The normalized spacial score (nSPS) is 23.7. The fourth-order valence-corrected chi connectivity index (χ4v) is 2.66. The summed E-state index contributed by atoms with van der Waals surface area (Å²) in [7, 11) is 2.16. The SMILES string of the molecule is CCCN(C)CC1CNNC1c1ccccc1O. The third kappa shape index (κ3) is 3.02. The summed E-state index contributed by atoms with van der Waals surface area (Å²) in [5.41, 5.74) is 7.47. The van der Waals surface area contributed by atoms with Gasteiger partial charge in [-0.25, -0.2) is 5.43 Å². The maximum Gasteiger partial charge on any atom is 0.120 e.